The Morgan fingerprint density at radius 2 is 1.40 bits per heavy atom. The molecule has 9 nitrogen and oxygen atoms in total. The van der Waals surface area contributed by atoms with Crippen molar-refractivity contribution in [1.29, 1.82) is 0 Å². The van der Waals surface area contributed by atoms with Crippen LogP contribution in [0.2, 0.25) is 0 Å². The van der Waals surface area contributed by atoms with Crippen molar-refractivity contribution in [3.05, 3.63) is 91.0 Å². The maximum atomic E-state index is 13.0. The third kappa shape index (κ3) is 11.2. The minimum atomic E-state index is -2.10. The third-order valence-electron chi connectivity index (χ3n) is 6.92. The predicted octanol–water partition coefficient (Wildman–Crippen LogP) is -1.30. The number of esters is 2. The molecule has 0 aliphatic heterocycles. The van der Waals surface area contributed by atoms with E-state index in [9.17, 15) is 19.2 Å². The molecular weight excluding hydrogens is 677 g/mol. The van der Waals surface area contributed by atoms with Crippen molar-refractivity contribution >= 4 is 63.6 Å². The summed E-state index contributed by atoms with van der Waals surface area (Å²) in [4.78, 5) is 49.3. The number of amides is 2. The number of carbonyl (C=O) groups is 4. The Hall–Kier alpha value is -3.37. The van der Waals surface area contributed by atoms with Crippen LogP contribution in [0.15, 0.2) is 91.0 Å². The van der Waals surface area contributed by atoms with Crippen molar-refractivity contribution in [3.63, 3.8) is 0 Å². The lowest BCUT2D eigenvalue weighted by Crippen LogP contribution is -3.00. The molecule has 3 aromatic rings. The number of benzene rings is 3. The molecule has 0 radical (unpaired) electrons. The largest absolute Gasteiger partial charge is 1.00 e. The van der Waals surface area contributed by atoms with Crippen molar-refractivity contribution in [2.75, 3.05) is 32.2 Å². The molecule has 0 bridgehead atoms. The van der Waals surface area contributed by atoms with Gasteiger partial charge in [0.2, 0.25) is 11.8 Å². The smallest absolute Gasteiger partial charge is 0.325 e. The van der Waals surface area contributed by atoms with Crippen molar-refractivity contribution in [3.8, 4) is 0 Å². The Labute approximate surface area is 279 Å². The molecule has 0 unspecified atom stereocenters. The summed E-state index contributed by atoms with van der Waals surface area (Å²) < 4.78 is 9.53. The fraction of sp³-hybridized carbons (Fsp3) is 0.303. The quantitative estimate of drug-likeness (QED) is 0.0626. The van der Waals surface area contributed by atoms with Gasteiger partial charge in [-0.3, -0.25) is 19.2 Å². The van der Waals surface area contributed by atoms with E-state index in [-0.39, 0.29) is 48.7 Å². The van der Waals surface area contributed by atoms with Gasteiger partial charge >= 0.3 is 11.9 Å². The molecule has 242 valence electrons. The monoisotopic (exact) mass is 717 g/mol. The molecule has 0 saturated carbocycles. The van der Waals surface area contributed by atoms with E-state index >= 15 is 0 Å². The van der Waals surface area contributed by atoms with Gasteiger partial charge in [0, 0.05) is 12.2 Å². The van der Waals surface area contributed by atoms with Crippen LogP contribution in [0.4, 0.5) is 0 Å². The maximum Gasteiger partial charge on any atom is 0.325 e. The SMILES string of the molecule is CCOC(=O)[C@@H](N)CCC(=O)N[C@@H](C[SH]=CC[P+](c1ccccc1)(c1ccccc1)c1ccccc1)C(=O)NCC(=O)OC.[Br-]. The van der Waals surface area contributed by atoms with E-state index in [1.807, 2.05) is 18.2 Å². The van der Waals surface area contributed by atoms with Gasteiger partial charge in [0.1, 0.15) is 41.8 Å². The Kier molecular flexibility index (Phi) is 16.7. The van der Waals surface area contributed by atoms with E-state index in [0.717, 1.165) is 17.5 Å². The van der Waals surface area contributed by atoms with E-state index in [4.69, 9.17) is 10.5 Å². The predicted molar refractivity (Wildman–Crippen MR) is 181 cm³/mol. The molecule has 12 heteroatoms. The lowest BCUT2D eigenvalue weighted by Gasteiger charge is -2.26. The highest BCUT2D eigenvalue weighted by atomic mass is 79.9. The summed E-state index contributed by atoms with van der Waals surface area (Å²) in [6, 6.07) is 29.5. The number of nitrogens with one attached hydrogen (secondary N) is 2. The molecule has 0 aromatic heterocycles. The van der Waals surface area contributed by atoms with Gasteiger partial charge in [0.05, 0.1) is 19.9 Å². The molecule has 2 atom stereocenters. The molecule has 0 aliphatic carbocycles. The topological polar surface area (TPSA) is 137 Å². The van der Waals surface area contributed by atoms with Crippen LogP contribution in [-0.2, 0) is 28.7 Å². The van der Waals surface area contributed by atoms with Crippen LogP contribution in [0.5, 0.6) is 0 Å². The van der Waals surface area contributed by atoms with Gasteiger partial charge in [0.15, 0.2) is 0 Å². The minimum Gasteiger partial charge on any atom is -1.00 e. The van der Waals surface area contributed by atoms with Gasteiger partial charge in [-0.25, -0.2) is 0 Å². The summed E-state index contributed by atoms with van der Waals surface area (Å²) in [7, 11) is -0.869. The fourth-order valence-electron chi connectivity index (χ4n) is 4.64. The van der Waals surface area contributed by atoms with E-state index in [1.165, 1.54) is 23.0 Å². The van der Waals surface area contributed by atoms with Crippen molar-refractivity contribution in [2.45, 2.75) is 31.8 Å². The number of carbonyl (C=O) groups excluding carboxylic acids is 4. The Morgan fingerprint density at radius 1 is 0.889 bits per heavy atom. The fourth-order valence-corrected chi connectivity index (χ4v) is 10.3. The number of thiol groups is 1. The van der Waals surface area contributed by atoms with E-state index in [1.54, 1.807) is 6.92 Å². The number of hydrogen-bond acceptors (Lipinski definition) is 7. The van der Waals surface area contributed by atoms with Crippen LogP contribution in [-0.4, -0.2) is 73.4 Å². The van der Waals surface area contributed by atoms with Gasteiger partial charge in [-0.15, -0.1) is 0 Å². The van der Waals surface area contributed by atoms with Crippen LogP contribution in [0.3, 0.4) is 0 Å². The first-order chi connectivity index (χ1) is 21.3. The highest BCUT2D eigenvalue weighted by Gasteiger charge is 2.44. The summed E-state index contributed by atoms with van der Waals surface area (Å²) in [5.74, 6) is -1.84. The van der Waals surface area contributed by atoms with Crippen molar-refractivity contribution in [2.24, 2.45) is 5.73 Å². The average molecular weight is 719 g/mol. The lowest BCUT2D eigenvalue weighted by atomic mass is 10.1. The first-order valence-electron chi connectivity index (χ1n) is 14.4. The van der Waals surface area contributed by atoms with Crippen molar-refractivity contribution in [1.82, 2.24) is 10.6 Å². The number of methoxy groups -OCH3 is 1. The number of rotatable bonds is 16. The highest BCUT2D eigenvalue weighted by Crippen LogP contribution is 2.54. The second-order valence-electron chi connectivity index (χ2n) is 9.86. The zero-order chi connectivity index (χ0) is 31.8. The van der Waals surface area contributed by atoms with Gasteiger partial charge in [0.25, 0.3) is 0 Å². The molecule has 0 fully saturated rings. The molecule has 0 spiro atoms. The highest BCUT2D eigenvalue weighted by molar-refractivity contribution is 8.01. The molecule has 0 saturated heterocycles. The minimum absolute atomic E-state index is 0. The second-order valence-corrected chi connectivity index (χ2v) is 14.5. The molecule has 4 N–H and O–H groups in total. The number of halogens is 1. The summed E-state index contributed by atoms with van der Waals surface area (Å²) in [5, 5.41) is 11.2. The van der Waals surface area contributed by atoms with Gasteiger partial charge in [-0.05, 0) is 55.1 Å². The first kappa shape index (κ1) is 37.8. The normalized spacial score (nSPS) is 12.5. The van der Waals surface area contributed by atoms with Gasteiger partial charge in [-0.2, -0.15) is 11.4 Å². The zero-order valence-electron chi connectivity index (χ0n) is 25.4. The van der Waals surface area contributed by atoms with Crippen LogP contribution in [0.1, 0.15) is 19.8 Å². The Balaban J connectivity index is 0.00000705. The summed E-state index contributed by atoms with van der Waals surface area (Å²) in [5.41, 5.74) is 5.83. The standard InChI is InChI=1S/C33H40N3O6PS.BrH/c1-3-42-33(40)28(34)19-20-30(37)36-29(32(39)35-23-31(38)41-2)24-44-22-21-43(25-13-7-4-8-14-25,26-15-9-5-10-16-26)27-17-11-6-12-18-27;/h4-18,22,28-29,44H,3,19-21,23-24,34H2,1-2H3,(H-,35,36,37,39);1H/t28-,29-;/m0./s1. The molecular formula is C33H41BrN3O6PS. The van der Waals surface area contributed by atoms with Crippen LogP contribution in [0, 0.1) is 0 Å². The molecule has 0 heterocycles. The summed E-state index contributed by atoms with van der Waals surface area (Å²) >= 11 is 0.824. The van der Waals surface area contributed by atoms with E-state index in [0.29, 0.717) is 0 Å². The lowest BCUT2D eigenvalue weighted by molar-refractivity contribution is -0.145. The maximum absolute atomic E-state index is 13.0. The van der Waals surface area contributed by atoms with E-state index < -0.39 is 43.1 Å². The van der Waals surface area contributed by atoms with Crippen molar-refractivity contribution < 1.29 is 45.6 Å². The summed E-state index contributed by atoms with van der Waals surface area (Å²) in [6.45, 7) is 1.55. The van der Waals surface area contributed by atoms with Crippen LogP contribution < -0.4 is 49.3 Å². The van der Waals surface area contributed by atoms with Crippen LogP contribution >= 0.6 is 18.6 Å². The second kappa shape index (κ2) is 19.9. The molecule has 45 heavy (non-hydrogen) atoms. The molecule has 2 amide bonds. The Bertz CT molecular complexity index is 1300. The van der Waals surface area contributed by atoms with Gasteiger partial charge in [-0.1, -0.05) is 54.6 Å². The number of hydrogen-bond donors (Lipinski definition) is 4. The van der Waals surface area contributed by atoms with E-state index in [2.05, 4.69) is 93.5 Å². The van der Waals surface area contributed by atoms with Gasteiger partial charge < -0.3 is 42.8 Å². The summed E-state index contributed by atoms with van der Waals surface area (Å²) in [6.07, 6.45) is 0.737. The third-order valence-corrected chi connectivity index (χ3v) is 12.5. The molecule has 3 aromatic carbocycles. The average Bonchev–Trinajstić information content (AvgIpc) is 3.06. The van der Waals surface area contributed by atoms with Crippen LogP contribution in [0.25, 0.3) is 0 Å². The first-order valence-corrected chi connectivity index (χ1v) is 17.5. The molecule has 3 rings (SSSR count). The number of nitrogens with two attached hydrogens (primary N) is 1. The number of ether oxygens (including phenoxy) is 2. The Morgan fingerprint density at radius 3 is 1.87 bits per heavy atom. The zero-order valence-corrected chi connectivity index (χ0v) is 28.8. The molecule has 0 aliphatic rings.